The average molecular weight is 306 g/mol. The van der Waals surface area contributed by atoms with Crippen LogP contribution >= 0.6 is 12.4 Å². The highest BCUT2D eigenvalue weighted by Crippen LogP contribution is 2.25. The number of halogens is 1. The Morgan fingerprint density at radius 2 is 1.85 bits per heavy atom. The number of nitrogens with two attached hydrogens (primary N) is 2. The van der Waals surface area contributed by atoms with Crippen LogP contribution in [0.5, 0.6) is 0 Å². The summed E-state index contributed by atoms with van der Waals surface area (Å²) in [4.78, 5) is 23.5. The Balaban J connectivity index is 0.00000200. The van der Waals surface area contributed by atoms with Gasteiger partial charge in [-0.1, -0.05) is 12.8 Å². The molecule has 5 N–H and O–H groups in total. The van der Waals surface area contributed by atoms with E-state index in [-0.39, 0.29) is 42.3 Å². The molecule has 2 unspecified atom stereocenters. The van der Waals surface area contributed by atoms with Gasteiger partial charge in [0.2, 0.25) is 11.8 Å². The van der Waals surface area contributed by atoms with Crippen LogP contribution in [0.25, 0.3) is 0 Å². The predicted molar refractivity (Wildman–Crippen MR) is 77.3 cm³/mol. The standard InChI is InChI=1S/C13H23N3O3.ClH/c14-7-8-5-6-11(19-8)13(18)16-10-4-2-1-3-9(10)12(15)17;/h8-11H,1-7,14H2,(H2,15,17)(H,16,18);1H/t8-,9?,10?,11+;/m1./s1. The summed E-state index contributed by atoms with van der Waals surface area (Å²) >= 11 is 0. The van der Waals surface area contributed by atoms with E-state index in [1.807, 2.05) is 0 Å². The molecule has 1 saturated carbocycles. The lowest BCUT2D eigenvalue weighted by atomic mass is 9.84. The number of hydrogen-bond acceptors (Lipinski definition) is 4. The molecule has 20 heavy (non-hydrogen) atoms. The van der Waals surface area contributed by atoms with E-state index >= 15 is 0 Å². The summed E-state index contributed by atoms with van der Waals surface area (Å²) in [5.41, 5.74) is 10.9. The quantitative estimate of drug-likeness (QED) is 0.683. The van der Waals surface area contributed by atoms with E-state index in [2.05, 4.69) is 5.32 Å². The maximum absolute atomic E-state index is 12.1. The highest BCUT2D eigenvalue weighted by Gasteiger charge is 2.35. The number of rotatable bonds is 4. The van der Waals surface area contributed by atoms with Gasteiger partial charge in [0.25, 0.3) is 0 Å². The van der Waals surface area contributed by atoms with Crippen molar-refractivity contribution in [3.05, 3.63) is 0 Å². The van der Waals surface area contributed by atoms with E-state index < -0.39 is 6.10 Å². The van der Waals surface area contributed by atoms with Gasteiger partial charge in [0.05, 0.1) is 12.0 Å². The summed E-state index contributed by atoms with van der Waals surface area (Å²) < 4.78 is 5.56. The Morgan fingerprint density at radius 3 is 2.45 bits per heavy atom. The van der Waals surface area contributed by atoms with Gasteiger partial charge in [-0.15, -0.1) is 12.4 Å². The van der Waals surface area contributed by atoms with E-state index in [4.69, 9.17) is 16.2 Å². The Bertz CT molecular complexity index is 354. The largest absolute Gasteiger partial charge is 0.369 e. The number of hydrogen-bond donors (Lipinski definition) is 3. The SMILES string of the molecule is Cl.NC[C@H]1CC[C@@H](C(=O)NC2CCCCC2C(N)=O)O1. The first-order valence-electron chi connectivity index (χ1n) is 7.07. The van der Waals surface area contributed by atoms with Gasteiger partial charge in [0.15, 0.2) is 0 Å². The van der Waals surface area contributed by atoms with Gasteiger partial charge in [0.1, 0.15) is 6.10 Å². The van der Waals surface area contributed by atoms with Crippen molar-refractivity contribution in [1.29, 1.82) is 0 Å². The highest BCUT2D eigenvalue weighted by atomic mass is 35.5. The highest BCUT2D eigenvalue weighted by molar-refractivity contribution is 5.85. The predicted octanol–water partition coefficient (Wildman–Crippen LogP) is 0.0748. The second-order valence-corrected chi connectivity index (χ2v) is 5.47. The maximum atomic E-state index is 12.1. The molecule has 7 heteroatoms. The summed E-state index contributed by atoms with van der Waals surface area (Å²) in [5, 5.41) is 2.93. The van der Waals surface area contributed by atoms with Gasteiger partial charge in [0, 0.05) is 12.6 Å². The third-order valence-electron chi connectivity index (χ3n) is 4.12. The smallest absolute Gasteiger partial charge is 0.249 e. The first-order chi connectivity index (χ1) is 9.11. The molecule has 4 atom stereocenters. The van der Waals surface area contributed by atoms with Crippen molar-refractivity contribution >= 4 is 24.2 Å². The van der Waals surface area contributed by atoms with Crippen LogP contribution < -0.4 is 16.8 Å². The lowest BCUT2D eigenvalue weighted by Crippen LogP contribution is -2.49. The van der Waals surface area contributed by atoms with E-state index in [0.717, 1.165) is 32.1 Å². The Labute approximate surface area is 125 Å². The Kier molecular flexibility index (Phi) is 6.71. The summed E-state index contributed by atoms with van der Waals surface area (Å²) in [6.07, 6.45) is 4.66. The van der Waals surface area contributed by atoms with Crippen molar-refractivity contribution in [1.82, 2.24) is 5.32 Å². The molecule has 6 nitrogen and oxygen atoms in total. The number of primary amides is 1. The lowest BCUT2D eigenvalue weighted by Gasteiger charge is -2.30. The van der Waals surface area contributed by atoms with E-state index in [9.17, 15) is 9.59 Å². The topological polar surface area (TPSA) is 107 Å². The second kappa shape index (κ2) is 7.81. The van der Waals surface area contributed by atoms with Crippen molar-refractivity contribution in [2.45, 2.75) is 56.8 Å². The number of ether oxygens (including phenoxy) is 1. The summed E-state index contributed by atoms with van der Waals surface area (Å²) in [6.45, 7) is 0.442. The van der Waals surface area contributed by atoms with Crippen molar-refractivity contribution in [2.24, 2.45) is 17.4 Å². The monoisotopic (exact) mass is 305 g/mol. The van der Waals surface area contributed by atoms with Crippen molar-refractivity contribution in [3.8, 4) is 0 Å². The zero-order valence-corrected chi connectivity index (χ0v) is 12.4. The number of carbonyl (C=O) groups excluding carboxylic acids is 2. The zero-order valence-electron chi connectivity index (χ0n) is 11.5. The van der Waals surface area contributed by atoms with Crippen molar-refractivity contribution in [3.63, 3.8) is 0 Å². The van der Waals surface area contributed by atoms with Gasteiger partial charge in [-0.05, 0) is 25.7 Å². The second-order valence-electron chi connectivity index (χ2n) is 5.47. The van der Waals surface area contributed by atoms with Crippen LogP contribution in [0, 0.1) is 5.92 Å². The lowest BCUT2D eigenvalue weighted by molar-refractivity contribution is -0.134. The van der Waals surface area contributed by atoms with Crippen molar-refractivity contribution < 1.29 is 14.3 Å². The van der Waals surface area contributed by atoms with E-state index in [0.29, 0.717) is 13.0 Å². The molecule has 2 aliphatic rings. The minimum absolute atomic E-state index is 0. The molecule has 116 valence electrons. The number of amides is 2. The molecule has 1 saturated heterocycles. The third kappa shape index (κ3) is 4.07. The van der Waals surface area contributed by atoms with Gasteiger partial charge >= 0.3 is 0 Å². The maximum Gasteiger partial charge on any atom is 0.249 e. The molecule has 0 aromatic rings. The molecule has 1 aliphatic heterocycles. The van der Waals surface area contributed by atoms with Crippen LogP contribution in [0.1, 0.15) is 38.5 Å². The Morgan fingerprint density at radius 1 is 1.15 bits per heavy atom. The van der Waals surface area contributed by atoms with Crippen LogP contribution in [0.3, 0.4) is 0 Å². The first-order valence-corrected chi connectivity index (χ1v) is 7.07. The normalized spacial score (nSPS) is 33.2. The van der Waals surface area contributed by atoms with Crippen LogP contribution in [0.2, 0.25) is 0 Å². The molecule has 2 rings (SSSR count). The Hall–Kier alpha value is -0.850. The number of carbonyl (C=O) groups is 2. The molecule has 0 aromatic carbocycles. The fourth-order valence-corrected chi connectivity index (χ4v) is 2.99. The number of nitrogens with one attached hydrogen (secondary N) is 1. The van der Waals surface area contributed by atoms with Gasteiger partial charge in [-0.3, -0.25) is 9.59 Å². The molecule has 1 heterocycles. The summed E-state index contributed by atoms with van der Waals surface area (Å²) in [6, 6.07) is -0.140. The molecular formula is C13H24ClN3O3. The van der Waals surface area contributed by atoms with Crippen molar-refractivity contribution in [2.75, 3.05) is 6.54 Å². The summed E-state index contributed by atoms with van der Waals surface area (Å²) in [7, 11) is 0. The molecule has 0 radical (unpaired) electrons. The minimum atomic E-state index is -0.427. The van der Waals surface area contributed by atoms with Gasteiger partial charge in [-0.2, -0.15) is 0 Å². The van der Waals surface area contributed by atoms with Gasteiger partial charge < -0.3 is 21.5 Å². The molecule has 2 amide bonds. The molecule has 0 aromatic heterocycles. The molecule has 1 aliphatic carbocycles. The molecule has 0 spiro atoms. The van der Waals surface area contributed by atoms with Gasteiger partial charge in [-0.25, -0.2) is 0 Å². The van der Waals surface area contributed by atoms with E-state index in [1.165, 1.54) is 0 Å². The molecule has 2 fully saturated rings. The van der Waals surface area contributed by atoms with Crippen LogP contribution in [-0.2, 0) is 14.3 Å². The van der Waals surface area contributed by atoms with E-state index in [1.54, 1.807) is 0 Å². The third-order valence-corrected chi connectivity index (χ3v) is 4.12. The average Bonchev–Trinajstić information content (AvgIpc) is 2.88. The minimum Gasteiger partial charge on any atom is -0.369 e. The fourth-order valence-electron chi connectivity index (χ4n) is 2.99. The van der Waals surface area contributed by atoms with Crippen LogP contribution in [0.4, 0.5) is 0 Å². The molecular weight excluding hydrogens is 282 g/mol. The zero-order chi connectivity index (χ0) is 13.8. The first kappa shape index (κ1) is 17.2. The van der Waals surface area contributed by atoms with Crippen LogP contribution in [0.15, 0.2) is 0 Å². The van der Waals surface area contributed by atoms with Crippen LogP contribution in [-0.4, -0.2) is 36.6 Å². The fraction of sp³-hybridized carbons (Fsp3) is 0.846. The summed E-state index contributed by atoms with van der Waals surface area (Å²) in [5.74, 6) is -0.698. The molecule has 0 bridgehead atoms.